The van der Waals surface area contributed by atoms with Crippen molar-refractivity contribution in [3.63, 3.8) is 0 Å². The number of hydrogen-bond acceptors (Lipinski definition) is 6. The van der Waals surface area contributed by atoms with Crippen molar-refractivity contribution in [2.75, 3.05) is 10.6 Å². The van der Waals surface area contributed by atoms with Gasteiger partial charge in [0.05, 0.1) is 6.20 Å². The van der Waals surface area contributed by atoms with Gasteiger partial charge in [0.25, 0.3) is 0 Å². The zero-order valence-corrected chi connectivity index (χ0v) is 13.1. The van der Waals surface area contributed by atoms with Crippen LogP contribution in [0.1, 0.15) is 16.7 Å². The second-order valence-electron chi connectivity index (χ2n) is 5.25. The van der Waals surface area contributed by atoms with E-state index >= 15 is 0 Å². The molecule has 3 aromatic rings. The first-order chi connectivity index (χ1) is 11.2. The van der Waals surface area contributed by atoms with E-state index in [1.54, 1.807) is 12.4 Å². The normalized spacial score (nSPS) is 10.3. The summed E-state index contributed by atoms with van der Waals surface area (Å²) in [6, 6.07) is 9.99. The van der Waals surface area contributed by atoms with Crippen molar-refractivity contribution >= 4 is 17.5 Å². The molecule has 0 atom stereocenters. The summed E-state index contributed by atoms with van der Waals surface area (Å²) in [5, 5.41) is 14.5. The van der Waals surface area contributed by atoms with Crippen molar-refractivity contribution in [1.82, 2.24) is 20.2 Å². The molecule has 6 heteroatoms. The minimum atomic E-state index is 0.467. The first-order valence-electron chi connectivity index (χ1n) is 7.38. The van der Waals surface area contributed by atoms with Crippen LogP contribution in [0.4, 0.5) is 17.5 Å². The van der Waals surface area contributed by atoms with E-state index in [-0.39, 0.29) is 0 Å². The second-order valence-corrected chi connectivity index (χ2v) is 5.25. The summed E-state index contributed by atoms with van der Waals surface area (Å²) < 4.78 is 0. The molecule has 0 saturated heterocycles. The summed E-state index contributed by atoms with van der Waals surface area (Å²) in [5.74, 6) is 1.13. The van der Waals surface area contributed by atoms with Crippen molar-refractivity contribution in [3.05, 3.63) is 65.6 Å². The molecule has 0 aliphatic heterocycles. The molecule has 0 bridgehead atoms. The van der Waals surface area contributed by atoms with E-state index in [2.05, 4.69) is 50.7 Å². The average Bonchev–Trinajstić information content (AvgIpc) is 2.59. The van der Waals surface area contributed by atoms with E-state index in [4.69, 9.17) is 0 Å². The van der Waals surface area contributed by atoms with Crippen molar-refractivity contribution < 1.29 is 0 Å². The Morgan fingerprint density at radius 3 is 2.78 bits per heavy atom. The highest BCUT2D eigenvalue weighted by Crippen LogP contribution is 2.21. The Balaban J connectivity index is 1.71. The lowest BCUT2D eigenvalue weighted by Crippen LogP contribution is -2.06. The Bertz CT molecular complexity index is 788. The SMILES string of the molecule is Cc1cccc(Nc2nncc(NCc3cccnc3)n2)c1C. The molecule has 0 amide bonds. The van der Waals surface area contributed by atoms with E-state index in [1.165, 1.54) is 11.1 Å². The lowest BCUT2D eigenvalue weighted by atomic mass is 10.1. The predicted molar refractivity (Wildman–Crippen MR) is 90.6 cm³/mol. The largest absolute Gasteiger partial charge is 0.364 e. The number of aromatic nitrogens is 4. The molecule has 0 aliphatic carbocycles. The highest BCUT2D eigenvalue weighted by atomic mass is 15.3. The highest BCUT2D eigenvalue weighted by Gasteiger charge is 2.05. The van der Waals surface area contributed by atoms with Gasteiger partial charge in [0.2, 0.25) is 5.95 Å². The molecule has 0 fully saturated rings. The first kappa shape index (κ1) is 14.9. The van der Waals surface area contributed by atoms with Gasteiger partial charge in [-0.3, -0.25) is 4.98 Å². The smallest absolute Gasteiger partial charge is 0.249 e. The van der Waals surface area contributed by atoms with Crippen molar-refractivity contribution in [3.8, 4) is 0 Å². The van der Waals surface area contributed by atoms with Crippen LogP contribution in [0.3, 0.4) is 0 Å². The summed E-state index contributed by atoms with van der Waals surface area (Å²) in [7, 11) is 0. The molecule has 2 aromatic heterocycles. The van der Waals surface area contributed by atoms with Crippen molar-refractivity contribution in [2.24, 2.45) is 0 Å². The number of nitrogens with one attached hydrogen (secondary N) is 2. The summed E-state index contributed by atoms with van der Waals surface area (Å²) in [6.45, 7) is 4.77. The van der Waals surface area contributed by atoms with Crippen LogP contribution in [-0.2, 0) is 6.54 Å². The van der Waals surface area contributed by atoms with Gasteiger partial charge in [-0.05, 0) is 42.7 Å². The molecule has 6 nitrogen and oxygen atoms in total. The van der Waals surface area contributed by atoms with Crippen LogP contribution in [0.25, 0.3) is 0 Å². The third-order valence-electron chi connectivity index (χ3n) is 3.61. The zero-order chi connectivity index (χ0) is 16.1. The fraction of sp³-hybridized carbons (Fsp3) is 0.176. The van der Waals surface area contributed by atoms with Gasteiger partial charge in [0, 0.05) is 24.6 Å². The van der Waals surface area contributed by atoms with Gasteiger partial charge >= 0.3 is 0 Å². The average molecular weight is 306 g/mol. The standard InChI is InChI=1S/C17H18N6/c1-12-5-3-7-15(13(12)2)21-17-22-16(11-20-23-17)19-10-14-6-4-8-18-9-14/h3-9,11H,10H2,1-2H3,(H2,19,21,22,23). The molecule has 2 heterocycles. The van der Waals surface area contributed by atoms with Gasteiger partial charge in [0.1, 0.15) is 0 Å². The third kappa shape index (κ3) is 3.79. The van der Waals surface area contributed by atoms with Crippen LogP contribution in [0.15, 0.2) is 48.9 Å². The molecule has 116 valence electrons. The maximum Gasteiger partial charge on any atom is 0.249 e. The van der Waals surface area contributed by atoms with E-state index in [0.29, 0.717) is 18.3 Å². The predicted octanol–water partition coefficient (Wildman–Crippen LogP) is 3.24. The fourth-order valence-electron chi connectivity index (χ4n) is 2.14. The second kappa shape index (κ2) is 6.83. The maximum atomic E-state index is 4.44. The molecule has 2 N–H and O–H groups in total. The van der Waals surface area contributed by atoms with E-state index in [0.717, 1.165) is 11.3 Å². The molecule has 3 rings (SSSR count). The van der Waals surface area contributed by atoms with E-state index in [1.807, 2.05) is 30.5 Å². The Morgan fingerprint density at radius 2 is 1.96 bits per heavy atom. The molecule has 0 radical (unpaired) electrons. The highest BCUT2D eigenvalue weighted by molar-refractivity contribution is 5.60. The molecular weight excluding hydrogens is 288 g/mol. The van der Waals surface area contributed by atoms with Gasteiger partial charge < -0.3 is 10.6 Å². The van der Waals surface area contributed by atoms with Gasteiger partial charge in [-0.25, -0.2) is 0 Å². The third-order valence-corrected chi connectivity index (χ3v) is 3.61. The van der Waals surface area contributed by atoms with Crippen LogP contribution in [0.2, 0.25) is 0 Å². The van der Waals surface area contributed by atoms with Gasteiger partial charge in [-0.15, -0.1) is 5.10 Å². The quantitative estimate of drug-likeness (QED) is 0.753. The molecule has 23 heavy (non-hydrogen) atoms. The summed E-state index contributed by atoms with van der Waals surface area (Å²) in [6.07, 6.45) is 5.17. The minimum Gasteiger partial charge on any atom is -0.364 e. The van der Waals surface area contributed by atoms with Gasteiger partial charge in [-0.2, -0.15) is 10.1 Å². The minimum absolute atomic E-state index is 0.467. The topological polar surface area (TPSA) is 75.6 Å². The number of rotatable bonds is 5. The van der Waals surface area contributed by atoms with Crippen molar-refractivity contribution in [2.45, 2.75) is 20.4 Å². The number of pyridine rings is 1. The Kier molecular flexibility index (Phi) is 4.42. The van der Waals surface area contributed by atoms with E-state index in [9.17, 15) is 0 Å². The number of benzene rings is 1. The Hall–Kier alpha value is -3.02. The molecule has 0 aliphatic rings. The van der Waals surface area contributed by atoms with Crippen LogP contribution in [0.5, 0.6) is 0 Å². The number of hydrogen-bond donors (Lipinski definition) is 2. The lowest BCUT2D eigenvalue weighted by molar-refractivity contribution is 0.963. The van der Waals surface area contributed by atoms with Gasteiger partial charge in [-0.1, -0.05) is 18.2 Å². The summed E-state index contributed by atoms with van der Waals surface area (Å²) in [5.41, 5.74) is 4.45. The molecule has 0 unspecified atom stereocenters. The molecule has 1 aromatic carbocycles. The number of aryl methyl sites for hydroxylation is 1. The maximum absolute atomic E-state index is 4.44. The van der Waals surface area contributed by atoms with Crippen LogP contribution >= 0.6 is 0 Å². The number of nitrogens with zero attached hydrogens (tertiary/aromatic N) is 4. The van der Waals surface area contributed by atoms with Crippen LogP contribution in [-0.4, -0.2) is 20.2 Å². The molecule has 0 saturated carbocycles. The Morgan fingerprint density at radius 1 is 1.04 bits per heavy atom. The first-order valence-corrected chi connectivity index (χ1v) is 7.38. The fourth-order valence-corrected chi connectivity index (χ4v) is 2.14. The zero-order valence-electron chi connectivity index (χ0n) is 13.1. The number of anilines is 3. The van der Waals surface area contributed by atoms with E-state index < -0.39 is 0 Å². The van der Waals surface area contributed by atoms with Crippen LogP contribution < -0.4 is 10.6 Å². The molecular formula is C17H18N6. The van der Waals surface area contributed by atoms with Crippen molar-refractivity contribution in [1.29, 1.82) is 0 Å². The van der Waals surface area contributed by atoms with Crippen LogP contribution in [0, 0.1) is 13.8 Å². The Labute approximate surface area is 135 Å². The summed E-state index contributed by atoms with van der Waals surface area (Å²) >= 11 is 0. The summed E-state index contributed by atoms with van der Waals surface area (Å²) in [4.78, 5) is 8.53. The lowest BCUT2D eigenvalue weighted by Gasteiger charge is -2.10. The van der Waals surface area contributed by atoms with Gasteiger partial charge in [0.15, 0.2) is 5.82 Å². The molecule has 0 spiro atoms. The monoisotopic (exact) mass is 306 g/mol.